The number of benzene rings is 1. The molecule has 7 heteroatoms. The van der Waals surface area contributed by atoms with Crippen LogP contribution in [0.3, 0.4) is 0 Å². The van der Waals surface area contributed by atoms with E-state index >= 15 is 0 Å². The van der Waals surface area contributed by atoms with Crippen molar-refractivity contribution in [2.24, 2.45) is 5.92 Å². The molecule has 1 fully saturated rings. The molecule has 0 saturated carbocycles. The SMILES string of the molecule is CC1CCCN(c2ccc(S(C)(=O)=O)cc2S(C)(=O)=O)C1. The molecule has 1 aromatic carbocycles. The summed E-state index contributed by atoms with van der Waals surface area (Å²) < 4.78 is 47.4. The second-order valence-electron chi connectivity index (χ2n) is 5.87. The Morgan fingerprint density at radius 3 is 2.29 bits per heavy atom. The Kier molecular flexibility index (Phi) is 4.35. The number of hydrogen-bond donors (Lipinski definition) is 0. The van der Waals surface area contributed by atoms with E-state index in [1.54, 1.807) is 6.07 Å². The number of sulfone groups is 2. The fourth-order valence-electron chi connectivity index (χ4n) is 2.69. The molecule has 1 unspecified atom stereocenters. The van der Waals surface area contributed by atoms with Crippen molar-refractivity contribution >= 4 is 25.4 Å². The number of piperidine rings is 1. The van der Waals surface area contributed by atoms with Crippen LogP contribution in [0.4, 0.5) is 5.69 Å². The molecule has 0 aliphatic carbocycles. The molecule has 118 valence electrons. The molecule has 1 atom stereocenters. The summed E-state index contributed by atoms with van der Waals surface area (Å²) in [4.78, 5) is 2.17. The molecule has 5 nitrogen and oxygen atoms in total. The van der Waals surface area contributed by atoms with Crippen LogP contribution in [0.5, 0.6) is 0 Å². The van der Waals surface area contributed by atoms with E-state index in [9.17, 15) is 16.8 Å². The van der Waals surface area contributed by atoms with Crippen LogP contribution in [0, 0.1) is 5.92 Å². The molecule has 2 rings (SSSR count). The largest absolute Gasteiger partial charge is 0.370 e. The molecule has 1 saturated heterocycles. The van der Waals surface area contributed by atoms with Crippen molar-refractivity contribution in [2.75, 3.05) is 30.5 Å². The Balaban J connectivity index is 2.56. The lowest BCUT2D eigenvalue weighted by atomic mass is 10.00. The van der Waals surface area contributed by atoms with Gasteiger partial charge in [0.2, 0.25) is 0 Å². The first-order chi connectivity index (χ1) is 9.59. The molecule has 1 aliphatic rings. The third-order valence-electron chi connectivity index (χ3n) is 3.76. The van der Waals surface area contributed by atoms with Crippen LogP contribution in [0.2, 0.25) is 0 Å². The van der Waals surface area contributed by atoms with E-state index in [1.807, 2.05) is 4.90 Å². The monoisotopic (exact) mass is 331 g/mol. The molecule has 0 spiro atoms. The second kappa shape index (κ2) is 5.61. The van der Waals surface area contributed by atoms with Gasteiger partial charge in [-0.05, 0) is 37.0 Å². The maximum atomic E-state index is 12.0. The minimum Gasteiger partial charge on any atom is -0.370 e. The molecule has 0 aromatic heterocycles. The van der Waals surface area contributed by atoms with Gasteiger partial charge in [-0.15, -0.1) is 0 Å². The van der Waals surface area contributed by atoms with Gasteiger partial charge in [-0.25, -0.2) is 16.8 Å². The summed E-state index contributed by atoms with van der Waals surface area (Å²) in [5.41, 5.74) is 0.608. The van der Waals surface area contributed by atoms with Gasteiger partial charge in [0.05, 0.1) is 15.5 Å². The lowest BCUT2D eigenvalue weighted by molar-refractivity contribution is 0.445. The van der Waals surface area contributed by atoms with Crippen molar-refractivity contribution in [3.63, 3.8) is 0 Å². The van der Waals surface area contributed by atoms with Gasteiger partial charge < -0.3 is 4.90 Å². The minimum absolute atomic E-state index is 0.0386. The zero-order valence-corrected chi connectivity index (χ0v) is 14.2. The van der Waals surface area contributed by atoms with E-state index in [4.69, 9.17) is 0 Å². The molecule has 0 N–H and O–H groups in total. The fourth-order valence-corrected chi connectivity index (χ4v) is 4.33. The van der Waals surface area contributed by atoms with Crippen molar-refractivity contribution < 1.29 is 16.8 Å². The highest BCUT2D eigenvalue weighted by molar-refractivity contribution is 7.91. The van der Waals surface area contributed by atoms with Gasteiger partial charge in [0.25, 0.3) is 0 Å². The van der Waals surface area contributed by atoms with E-state index in [0.717, 1.165) is 38.4 Å². The van der Waals surface area contributed by atoms with Crippen LogP contribution < -0.4 is 4.90 Å². The van der Waals surface area contributed by atoms with Gasteiger partial charge >= 0.3 is 0 Å². The first-order valence-corrected chi connectivity index (χ1v) is 10.7. The van der Waals surface area contributed by atoms with Gasteiger partial charge in [0.15, 0.2) is 19.7 Å². The van der Waals surface area contributed by atoms with Crippen molar-refractivity contribution in [3.8, 4) is 0 Å². The van der Waals surface area contributed by atoms with Crippen molar-refractivity contribution in [3.05, 3.63) is 18.2 Å². The first-order valence-electron chi connectivity index (χ1n) is 6.88. The average molecular weight is 331 g/mol. The predicted octanol–water partition coefficient (Wildman–Crippen LogP) is 1.73. The highest BCUT2D eigenvalue weighted by atomic mass is 32.2. The van der Waals surface area contributed by atoms with Crippen molar-refractivity contribution in [1.29, 1.82) is 0 Å². The fraction of sp³-hybridized carbons (Fsp3) is 0.571. The highest BCUT2D eigenvalue weighted by Crippen LogP contribution is 2.31. The third-order valence-corrected chi connectivity index (χ3v) is 5.99. The standard InChI is InChI=1S/C14H21NO4S2/c1-11-5-4-8-15(10-11)13-7-6-12(20(2,16)17)9-14(13)21(3,18)19/h6-7,9,11H,4-5,8,10H2,1-3H3. The van der Waals surface area contributed by atoms with E-state index < -0.39 is 19.7 Å². The van der Waals surface area contributed by atoms with E-state index in [-0.39, 0.29) is 9.79 Å². The lowest BCUT2D eigenvalue weighted by Gasteiger charge is -2.34. The summed E-state index contributed by atoms with van der Waals surface area (Å²) in [7, 11) is -6.92. The van der Waals surface area contributed by atoms with Crippen LogP contribution in [-0.4, -0.2) is 42.4 Å². The van der Waals surface area contributed by atoms with E-state index in [2.05, 4.69) is 6.92 Å². The van der Waals surface area contributed by atoms with Crippen molar-refractivity contribution in [2.45, 2.75) is 29.6 Å². The van der Waals surface area contributed by atoms with Gasteiger partial charge in [-0.1, -0.05) is 6.92 Å². The quantitative estimate of drug-likeness (QED) is 0.843. The molecule has 1 aromatic rings. The Labute approximate surface area is 126 Å². The van der Waals surface area contributed by atoms with Crippen LogP contribution in [0.1, 0.15) is 19.8 Å². The van der Waals surface area contributed by atoms with E-state index in [1.165, 1.54) is 12.1 Å². The number of nitrogens with zero attached hydrogens (tertiary/aromatic N) is 1. The topological polar surface area (TPSA) is 71.5 Å². The molecular weight excluding hydrogens is 310 g/mol. The number of hydrogen-bond acceptors (Lipinski definition) is 5. The molecule has 21 heavy (non-hydrogen) atoms. The zero-order chi connectivity index (χ0) is 15.8. The number of rotatable bonds is 3. The molecule has 1 heterocycles. The Hall–Kier alpha value is -1.08. The Morgan fingerprint density at radius 1 is 1.10 bits per heavy atom. The summed E-state index contributed by atoms with van der Waals surface area (Å²) in [6, 6.07) is 4.38. The summed E-state index contributed by atoms with van der Waals surface area (Å²) in [5, 5.41) is 0. The smallest absolute Gasteiger partial charge is 0.177 e. The van der Waals surface area contributed by atoms with Crippen LogP contribution in [-0.2, 0) is 19.7 Å². The normalized spacial score (nSPS) is 20.5. The summed E-state index contributed by atoms with van der Waals surface area (Å²) >= 11 is 0. The number of anilines is 1. The average Bonchev–Trinajstić information content (AvgIpc) is 2.36. The summed E-state index contributed by atoms with van der Waals surface area (Å²) in [6.45, 7) is 3.73. The maximum absolute atomic E-state index is 12.0. The predicted molar refractivity (Wildman–Crippen MR) is 83.3 cm³/mol. The summed E-state index contributed by atoms with van der Waals surface area (Å²) in [6.07, 6.45) is 4.34. The second-order valence-corrected chi connectivity index (χ2v) is 9.87. The van der Waals surface area contributed by atoms with Crippen molar-refractivity contribution in [1.82, 2.24) is 0 Å². The maximum Gasteiger partial charge on any atom is 0.177 e. The lowest BCUT2D eigenvalue weighted by Crippen LogP contribution is -2.35. The van der Waals surface area contributed by atoms with Gasteiger partial charge in [0.1, 0.15) is 0 Å². The first kappa shape index (κ1) is 16.3. The van der Waals surface area contributed by atoms with Gasteiger partial charge in [0, 0.05) is 25.6 Å². The van der Waals surface area contributed by atoms with Gasteiger partial charge in [-0.2, -0.15) is 0 Å². The van der Waals surface area contributed by atoms with Crippen LogP contribution in [0.15, 0.2) is 28.0 Å². The molecule has 0 amide bonds. The molecular formula is C14H21NO4S2. The van der Waals surface area contributed by atoms with Gasteiger partial charge in [-0.3, -0.25) is 0 Å². The Bertz CT molecular complexity index is 738. The molecule has 0 bridgehead atoms. The summed E-state index contributed by atoms with van der Waals surface area (Å²) in [5.74, 6) is 0.501. The molecule has 0 radical (unpaired) electrons. The van der Waals surface area contributed by atoms with E-state index in [0.29, 0.717) is 11.6 Å². The molecule has 1 aliphatic heterocycles. The Morgan fingerprint density at radius 2 is 1.76 bits per heavy atom. The zero-order valence-electron chi connectivity index (χ0n) is 12.5. The van der Waals surface area contributed by atoms with Crippen LogP contribution in [0.25, 0.3) is 0 Å². The van der Waals surface area contributed by atoms with Crippen LogP contribution >= 0.6 is 0 Å². The minimum atomic E-state index is -3.49. The third kappa shape index (κ3) is 3.77. The highest BCUT2D eigenvalue weighted by Gasteiger charge is 2.24.